The van der Waals surface area contributed by atoms with Gasteiger partial charge in [-0.1, -0.05) is 24.3 Å². The van der Waals surface area contributed by atoms with Gasteiger partial charge in [0.1, 0.15) is 17.0 Å². The Morgan fingerprint density at radius 3 is 2.44 bits per heavy atom. The van der Waals surface area contributed by atoms with Crippen LogP contribution in [0.15, 0.2) is 71.8 Å². The Labute approximate surface area is 293 Å². The molecule has 2 aliphatic heterocycles. The second kappa shape index (κ2) is 15.5. The molecule has 3 heterocycles. The van der Waals surface area contributed by atoms with Crippen LogP contribution in [0.25, 0.3) is 11.3 Å². The Kier molecular flexibility index (Phi) is 11.4. The van der Waals surface area contributed by atoms with E-state index in [9.17, 15) is 28.1 Å². The molecule has 2 bridgehead atoms. The molecular weight excluding hydrogens is 662 g/mol. The Morgan fingerprint density at radius 2 is 1.72 bits per heavy atom. The summed E-state index contributed by atoms with van der Waals surface area (Å²) in [7, 11) is -2.65. The van der Waals surface area contributed by atoms with Gasteiger partial charge in [0.05, 0.1) is 11.5 Å². The summed E-state index contributed by atoms with van der Waals surface area (Å²) >= 11 is 0. The topological polar surface area (TPSA) is 152 Å². The van der Waals surface area contributed by atoms with E-state index in [1.54, 1.807) is 53.4 Å². The third-order valence-electron chi connectivity index (χ3n) is 8.92. The zero-order chi connectivity index (χ0) is 36.1. The minimum Gasteiger partial charge on any atom is -0.491 e. The van der Waals surface area contributed by atoms with Crippen molar-refractivity contribution in [3.8, 4) is 17.0 Å². The fraction of sp³-hybridized carbons (Fsp3) is 0.472. The molecule has 5 rings (SSSR count). The number of piperidine rings is 1. The van der Waals surface area contributed by atoms with Crippen LogP contribution in [-0.4, -0.2) is 96.4 Å². The highest BCUT2D eigenvalue weighted by atomic mass is 32.2. The van der Waals surface area contributed by atoms with Crippen molar-refractivity contribution >= 4 is 27.7 Å². The number of fused-ring (bicyclic) bond motifs is 4. The van der Waals surface area contributed by atoms with Crippen molar-refractivity contribution in [3.05, 3.63) is 82.5 Å². The number of hydrogen-bond donors (Lipinski definition) is 0. The largest absolute Gasteiger partial charge is 0.491 e. The van der Waals surface area contributed by atoms with E-state index in [-0.39, 0.29) is 55.0 Å². The normalized spacial score (nSPS) is 18.7. The number of nitro benzene ring substituents is 1. The molecule has 1 atom stereocenters. The number of nitro groups is 1. The van der Waals surface area contributed by atoms with E-state index in [1.807, 2.05) is 26.8 Å². The molecule has 0 aliphatic carbocycles. The number of ether oxygens (including phenoxy) is 2. The van der Waals surface area contributed by atoms with Gasteiger partial charge in [0.2, 0.25) is 10.0 Å². The summed E-state index contributed by atoms with van der Waals surface area (Å²) in [5, 5.41) is 11.9. The number of likely N-dealkylation sites (tertiary alicyclic amines) is 1. The number of carbonyl (C=O) groups is 2. The van der Waals surface area contributed by atoms with Gasteiger partial charge in [-0.3, -0.25) is 19.9 Å². The minimum absolute atomic E-state index is 0.0243. The molecule has 2 amide bonds. The van der Waals surface area contributed by atoms with Crippen LogP contribution in [0.1, 0.15) is 56.8 Å². The van der Waals surface area contributed by atoms with E-state index >= 15 is 0 Å². The average Bonchev–Trinajstić information content (AvgIpc) is 3.08. The number of benzene rings is 2. The smallest absolute Gasteiger partial charge is 0.410 e. The molecule has 0 spiro atoms. The van der Waals surface area contributed by atoms with Crippen LogP contribution in [0.4, 0.5) is 10.5 Å². The lowest BCUT2D eigenvalue weighted by atomic mass is 9.86. The van der Waals surface area contributed by atoms with Gasteiger partial charge >= 0.3 is 6.09 Å². The maximum Gasteiger partial charge on any atom is 0.410 e. The van der Waals surface area contributed by atoms with Crippen molar-refractivity contribution in [2.75, 3.05) is 46.4 Å². The predicted octanol–water partition coefficient (Wildman–Crippen LogP) is 5.86. The number of aromatic nitrogens is 1. The summed E-state index contributed by atoms with van der Waals surface area (Å²) in [6.45, 7) is 6.93. The molecule has 14 heteroatoms. The number of rotatable bonds is 5. The quantitative estimate of drug-likeness (QED) is 0.235. The SMILES string of the molecule is CN1CC(CC2CCN(C(=O)OC(C)(C)C)CC2)CN(S(=O)(=O)c2ccccc2[N+](=O)[O-])CCCOc2cccnc2-c2cccc(c2)C1=O. The van der Waals surface area contributed by atoms with Gasteiger partial charge in [-0.2, -0.15) is 4.31 Å². The first-order chi connectivity index (χ1) is 23.7. The molecule has 0 radical (unpaired) electrons. The van der Waals surface area contributed by atoms with E-state index in [1.165, 1.54) is 28.6 Å². The summed E-state index contributed by atoms with van der Waals surface area (Å²) < 4.78 is 41.5. The summed E-state index contributed by atoms with van der Waals surface area (Å²) in [5.74, 6) is 0.0711. The molecule has 3 aromatic rings. The molecule has 1 unspecified atom stereocenters. The van der Waals surface area contributed by atoms with E-state index < -0.39 is 26.2 Å². The monoisotopic (exact) mass is 707 g/mol. The van der Waals surface area contributed by atoms with Crippen molar-refractivity contribution < 1.29 is 32.4 Å². The van der Waals surface area contributed by atoms with Crippen molar-refractivity contribution in [2.45, 2.75) is 57.0 Å². The van der Waals surface area contributed by atoms with Gasteiger partial charge in [-0.25, -0.2) is 13.2 Å². The molecule has 50 heavy (non-hydrogen) atoms. The first-order valence-corrected chi connectivity index (χ1v) is 18.3. The Hall–Kier alpha value is -4.56. The standard InChI is InChI=1S/C36H45N5O8S/c1-36(2,3)49-35(43)39-19-15-26(16-20-39)22-27-24-38(4)34(42)29-11-7-10-28(23-29)33-31(13-8-17-37-33)48-21-9-18-40(25-27)50(46,47)32-14-6-5-12-30(32)41(44)45/h5-8,10-14,17,23,26-27H,9,15-16,18-22,24-25H2,1-4H3. The average molecular weight is 708 g/mol. The van der Waals surface area contributed by atoms with Crippen LogP contribution < -0.4 is 4.74 Å². The summed E-state index contributed by atoms with van der Waals surface area (Å²) in [6, 6.07) is 16.0. The predicted molar refractivity (Wildman–Crippen MR) is 187 cm³/mol. The first-order valence-electron chi connectivity index (χ1n) is 16.9. The van der Waals surface area contributed by atoms with Crippen molar-refractivity contribution in [3.63, 3.8) is 0 Å². The van der Waals surface area contributed by atoms with E-state index in [0.29, 0.717) is 61.3 Å². The van der Waals surface area contributed by atoms with Crippen molar-refractivity contribution in [2.24, 2.45) is 11.8 Å². The lowest BCUT2D eigenvalue weighted by Crippen LogP contribution is -2.44. The Morgan fingerprint density at radius 1 is 1.00 bits per heavy atom. The van der Waals surface area contributed by atoms with E-state index in [0.717, 1.165) is 0 Å². The Bertz CT molecular complexity index is 1800. The number of pyridine rings is 1. The van der Waals surface area contributed by atoms with Crippen LogP contribution >= 0.6 is 0 Å². The molecule has 2 aromatic carbocycles. The zero-order valence-electron chi connectivity index (χ0n) is 29.0. The van der Waals surface area contributed by atoms with Gasteiger partial charge in [-0.05, 0) is 88.6 Å². The number of para-hydroxylation sites is 1. The molecule has 268 valence electrons. The second-order valence-corrected chi connectivity index (χ2v) is 15.8. The summed E-state index contributed by atoms with van der Waals surface area (Å²) in [4.78, 5) is 45.2. The number of hydrogen-bond acceptors (Lipinski definition) is 9. The highest BCUT2D eigenvalue weighted by Crippen LogP contribution is 2.32. The van der Waals surface area contributed by atoms with E-state index in [2.05, 4.69) is 4.98 Å². The lowest BCUT2D eigenvalue weighted by Gasteiger charge is -2.36. The van der Waals surface area contributed by atoms with E-state index in [4.69, 9.17) is 9.47 Å². The van der Waals surface area contributed by atoms with Gasteiger partial charge in [0.25, 0.3) is 11.6 Å². The summed E-state index contributed by atoms with van der Waals surface area (Å²) in [6.07, 6.45) is 3.52. The second-order valence-electron chi connectivity index (χ2n) is 13.9. The third-order valence-corrected chi connectivity index (χ3v) is 10.8. The molecule has 0 saturated carbocycles. The number of nitrogens with zero attached hydrogens (tertiary/aromatic N) is 5. The van der Waals surface area contributed by atoms with Crippen LogP contribution in [0.5, 0.6) is 5.75 Å². The fourth-order valence-corrected chi connectivity index (χ4v) is 8.27. The maximum absolute atomic E-state index is 14.3. The van der Waals surface area contributed by atoms with Crippen molar-refractivity contribution in [1.82, 2.24) is 19.1 Å². The summed E-state index contributed by atoms with van der Waals surface area (Å²) in [5.41, 5.74) is 0.605. The molecule has 1 fully saturated rings. The zero-order valence-corrected chi connectivity index (χ0v) is 29.8. The molecular formula is C36H45N5O8S. The van der Waals surface area contributed by atoms with Gasteiger partial charge in [0, 0.05) is 63.2 Å². The molecule has 1 aromatic heterocycles. The molecule has 0 N–H and O–H groups in total. The molecule has 2 aliphatic rings. The number of amides is 2. The molecule has 1 saturated heterocycles. The number of carbonyl (C=O) groups excluding carboxylic acids is 2. The first kappa shape index (κ1) is 36.7. The van der Waals surface area contributed by atoms with Gasteiger partial charge in [-0.15, -0.1) is 0 Å². The number of sulfonamides is 1. The highest BCUT2D eigenvalue weighted by molar-refractivity contribution is 7.89. The lowest BCUT2D eigenvalue weighted by molar-refractivity contribution is -0.387. The fourth-order valence-electron chi connectivity index (χ4n) is 6.56. The maximum atomic E-state index is 14.3. The van der Waals surface area contributed by atoms with Crippen LogP contribution in [0, 0.1) is 22.0 Å². The Balaban J connectivity index is 1.46. The third kappa shape index (κ3) is 8.96. The molecule has 13 nitrogen and oxygen atoms in total. The highest BCUT2D eigenvalue weighted by Gasteiger charge is 2.35. The minimum atomic E-state index is -4.35. The van der Waals surface area contributed by atoms with Crippen LogP contribution in [-0.2, 0) is 14.8 Å². The van der Waals surface area contributed by atoms with Crippen LogP contribution in [0.3, 0.4) is 0 Å². The van der Waals surface area contributed by atoms with Crippen molar-refractivity contribution in [1.29, 1.82) is 0 Å². The van der Waals surface area contributed by atoms with Gasteiger partial charge in [0.15, 0.2) is 4.90 Å². The van der Waals surface area contributed by atoms with Gasteiger partial charge < -0.3 is 19.3 Å². The van der Waals surface area contributed by atoms with Crippen LogP contribution in [0.2, 0.25) is 0 Å².